The van der Waals surface area contributed by atoms with Crippen LogP contribution in [0, 0.1) is 5.41 Å². The van der Waals surface area contributed by atoms with E-state index in [0.29, 0.717) is 31.1 Å². The van der Waals surface area contributed by atoms with Gasteiger partial charge in [0.2, 0.25) is 0 Å². The Morgan fingerprint density at radius 3 is 1.40 bits per heavy atom. The Hall–Kier alpha value is 0.439. The molecule has 0 aromatic heterocycles. The monoisotopic (exact) mass is 750 g/mol. The molecule has 0 amide bonds. The molecule has 0 bridgehead atoms. The predicted molar refractivity (Wildman–Crippen MR) is 194 cm³/mol. The fourth-order valence-corrected chi connectivity index (χ4v) is 9.64. The number of hydrogen-bond donors (Lipinski definition) is 2. The van der Waals surface area contributed by atoms with E-state index >= 15 is 0 Å². The van der Waals surface area contributed by atoms with Gasteiger partial charge in [-0.15, -0.1) is 0 Å². The van der Waals surface area contributed by atoms with Gasteiger partial charge in [0.1, 0.15) is 13.2 Å². The van der Waals surface area contributed by atoms with Gasteiger partial charge in [-0.3, -0.25) is 9.59 Å². The van der Waals surface area contributed by atoms with Crippen LogP contribution in [0.3, 0.4) is 0 Å². The van der Waals surface area contributed by atoms with Gasteiger partial charge in [0.05, 0.1) is 0 Å². The molecule has 0 N–H and O–H groups in total. The first-order valence-electron chi connectivity index (χ1n) is 18.3. The zero-order valence-corrected chi connectivity index (χ0v) is 33.1. The Kier molecular flexibility index (Phi) is 34.1. The molecule has 0 rings (SSSR count). The third-order valence-electron chi connectivity index (χ3n) is 8.62. The normalized spacial score (nSPS) is 11.6. The number of unbranched alkanes of at least 4 members (excludes halogenated alkanes) is 17. The number of esters is 2. The van der Waals surface area contributed by atoms with E-state index in [9.17, 15) is 9.59 Å². The van der Waals surface area contributed by atoms with Crippen molar-refractivity contribution >= 4 is 58.3 Å². The molecule has 0 aromatic carbocycles. The summed E-state index contributed by atoms with van der Waals surface area (Å²) >= 11 is 8.19. The van der Waals surface area contributed by atoms with Gasteiger partial charge in [-0.05, 0) is 0 Å². The van der Waals surface area contributed by atoms with Gasteiger partial charge in [0, 0.05) is 11.5 Å². The van der Waals surface area contributed by atoms with Crippen molar-refractivity contribution in [3.8, 4) is 0 Å². The molecule has 0 aliphatic heterocycles. The molecule has 0 aromatic rings. The maximum absolute atomic E-state index is 13.0. The fourth-order valence-electron chi connectivity index (χ4n) is 5.89. The van der Waals surface area contributed by atoms with Crippen LogP contribution in [0.25, 0.3) is 0 Å². The molecule has 0 fully saturated rings. The quantitative estimate of drug-likeness (QED) is 0.0298. The van der Waals surface area contributed by atoms with Gasteiger partial charge in [0.25, 0.3) is 0 Å². The van der Waals surface area contributed by atoms with Crippen molar-refractivity contribution in [1.82, 2.24) is 0 Å². The fraction of sp³-hybridized carbons (Fsp3) is 0.944. The average Bonchev–Trinajstić information content (AvgIpc) is 3.02. The summed E-state index contributed by atoms with van der Waals surface area (Å²) in [7, 11) is 0. The van der Waals surface area contributed by atoms with Gasteiger partial charge < -0.3 is 9.47 Å². The van der Waals surface area contributed by atoms with Crippen LogP contribution in [0.15, 0.2) is 0 Å². The molecule has 43 heavy (non-hydrogen) atoms. The number of thiol groups is 2. The average molecular weight is 750 g/mol. The first-order valence-corrected chi connectivity index (χ1v) is 23.6. The van der Waals surface area contributed by atoms with Gasteiger partial charge in [-0.1, -0.05) is 39.5 Å². The van der Waals surface area contributed by atoms with E-state index in [1.54, 1.807) is 8.87 Å². The minimum absolute atomic E-state index is 0.0496. The molecule has 0 unspecified atom stereocenters. The first-order chi connectivity index (χ1) is 21.1. The molecule has 0 aliphatic rings. The van der Waals surface area contributed by atoms with Crippen LogP contribution in [-0.4, -0.2) is 57.8 Å². The number of carbonyl (C=O) groups excluding carboxylic acids is 2. The van der Waals surface area contributed by atoms with Gasteiger partial charge in [0.15, 0.2) is 0 Å². The molecule has 7 heteroatoms. The Bertz CT molecular complexity index is 612. The molecule has 0 heterocycles. The van der Waals surface area contributed by atoms with Crippen molar-refractivity contribution in [2.24, 2.45) is 5.41 Å². The third kappa shape index (κ3) is 27.3. The van der Waals surface area contributed by atoms with E-state index in [-0.39, 0.29) is 38.5 Å². The van der Waals surface area contributed by atoms with Crippen LogP contribution in [0.5, 0.6) is 0 Å². The first kappa shape index (κ1) is 43.4. The van der Waals surface area contributed by atoms with E-state index in [1.165, 1.54) is 89.9 Å². The second-order valence-corrected chi connectivity index (χ2v) is 17.7. The van der Waals surface area contributed by atoms with Crippen molar-refractivity contribution in [2.75, 3.05) is 24.7 Å². The van der Waals surface area contributed by atoms with E-state index in [1.807, 2.05) is 0 Å². The summed E-state index contributed by atoms with van der Waals surface area (Å²) in [5.74, 6) is 1.20. The number of carbonyl (C=O) groups is 2. The van der Waals surface area contributed by atoms with Crippen LogP contribution in [-0.2, 0) is 19.1 Å². The van der Waals surface area contributed by atoms with Gasteiger partial charge >= 0.3 is 182 Å². The van der Waals surface area contributed by atoms with Crippen LogP contribution >= 0.6 is 25.3 Å². The SMILES string of the molecule is CCCCC(CCCC)(CCCCCCCCC[CH2][Sn][CH2]CCCCCCCCCCC(=O)OCCS)C(=O)OCCS. The number of rotatable bonds is 34. The molecular formula is C36H70O4S2Sn. The molecule has 0 spiro atoms. The summed E-state index contributed by atoms with van der Waals surface area (Å²) in [6, 6.07) is 0. The summed E-state index contributed by atoms with van der Waals surface area (Å²) in [6.07, 6.45) is 30.6. The topological polar surface area (TPSA) is 52.6 Å². The molecule has 2 radical (unpaired) electrons. The van der Waals surface area contributed by atoms with Crippen molar-refractivity contribution in [3.63, 3.8) is 0 Å². The van der Waals surface area contributed by atoms with Crippen LogP contribution in [0.1, 0.15) is 174 Å². The zero-order chi connectivity index (χ0) is 31.7. The zero-order valence-electron chi connectivity index (χ0n) is 28.4. The van der Waals surface area contributed by atoms with Crippen molar-refractivity contribution in [1.29, 1.82) is 0 Å². The number of ether oxygens (including phenoxy) is 2. The van der Waals surface area contributed by atoms with Crippen molar-refractivity contribution < 1.29 is 19.1 Å². The number of hydrogen-bond acceptors (Lipinski definition) is 6. The Balaban J connectivity index is 3.63. The predicted octanol–water partition coefficient (Wildman–Crippen LogP) is 11.3. The second-order valence-electron chi connectivity index (χ2n) is 12.6. The van der Waals surface area contributed by atoms with Gasteiger partial charge in [-0.2, -0.15) is 25.3 Å². The minimum Gasteiger partial charge on any atom is -0.465 e. The standard InChI is InChI=1S/C22H43O2S.C14H27O2S.Sn/c1-4-7-10-11-12-13-14-15-18-22(16-8-5-2,17-9-6-3)21(23)24-19-20-25;1-2-3-4-5-6-7-8-9-10-11-14(15)16-12-13-17;/h25H,1,4-20H2,2-3H3;17H,1-13H2;. The minimum atomic E-state index is -0.258. The molecule has 0 aliphatic carbocycles. The second kappa shape index (κ2) is 33.8. The van der Waals surface area contributed by atoms with E-state index < -0.39 is 0 Å². The summed E-state index contributed by atoms with van der Waals surface area (Å²) in [5.41, 5.74) is -0.258. The van der Waals surface area contributed by atoms with Crippen molar-refractivity contribution in [2.45, 2.75) is 183 Å². The summed E-state index contributed by atoms with van der Waals surface area (Å²) < 4.78 is 13.8. The Morgan fingerprint density at radius 2 is 0.930 bits per heavy atom. The Morgan fingerprint density at radius 1 is 0.535 bits per heavy atom. The molecule has 0 saturated heterocycles. The van der Waals surface area contributed by atoms with E-state index in [4.69, 9.17) is 9.47 Å². The molecule has 4 nitrogen and oxygen atoms in total. The molecule has 254 valence electrons. The molecular weight excluding hydrogens is 679 g/mol. The molecule has 0 atom stereocenters. The summed E-state index contributed by atoms with van der Waals surface area (Å²) in [6.45, 7) is 5.31. The molecule has 0 saturated carbocycles. The summed E-state index contributed by atoms with van der Waals surface area (Å²) in [5, 5.41) is 0. The summed E-state index contributed by atoms with van der Waals surface area (Å²) in [4.78, 5) is 24.5. The maximum atomic E-state index is 13.0. The third-order valence-corrected chi connectivity index (χ3v) is 13.0. The van der Waals surface area contributed by atoms with Crippen molar-refractivity contribution in [3.05, 3.63) is 0 Å². The van der Waals surface area contributed by atoms with Gasteiger partial charge in [-0.25, -0.2) is 0 Å². The van der Waals surface area contributed by atoms with E-state index in [0.717, 1.165) is 64.2 Å². The smallest absolute Gasteiger partial charge is 0.465 e. The van der Waals surface area contributed by atoms with Crippen LogP contribution < -0.4 is 0 Å². The van der Waals surface area contributed by atoms with Crippen LogP contribution in [0.2, 0.25) is 8.87 Å². The Labute approximate surface area is 289 Å². The van der Waals surface area contributed by atoms with E-state index in [2.05, 4.69) is 39.1 Å². The van der Waals surface area contributed by atoms with Crippen LogP contribution in [0.4, 0.5) is 0 Å².